The van der Waals surface area contributed by atoms with E-state index in [9.17, 15) is 14.4 Å². The number of amides is 3. The molecule has 1 N–H and O–H groups in total. The Morgan fingerprint density at radius 2 is 1.81 bits per heavy atom. The average molecular weight is 368 g/mol. The zero-order valence-electron chi connectivity index (χ0n) is 13.3. The number of hydrogen-bond donors (Lipinski definition) is 1. The molecule has 9 heteroatoms. The number of nitrogens with zero attached hydrogens (tertiary/aromatic N) is 3. The van der Waals surface area contributed by atoms with Crippen molar-refractivity contribution in [2.24, 2.45) is 0 Å². The minimum absolute atomic E-state index is 0.174. The maximum atomic E-state index is 12.3. The number of anilines is 1. The van der Waals surface area contributed by atoms with Gasteiger partial charge < -0.3 is 4.42 Å². The Balaban J connectivity index is 1.39. The van der Waals surface area contributed by atoms with Gasteiger partial charge in [0.25, 0.3) is 17.7 Å². The first-order valence-electron chi connectivity index (χ1n) is 7.76. The van der Waals surface area contributed by atoms with Gasteiger partial charge in [0.15, 0.2) is 5.76 Å². The molecule has 3 aromatic rings. The van der Waals surface area contributed by atoms with Crippen molar-refractivity contribution in [3.8, 4) is 0 Å². The van der Waals surface area contributed by atoms with E-state index in [-0.39, 0.29) is 24.1 Å². The van der Waals surface area contributed by atoms with Crippen LogP contribution < -0.4 is 5.32 Å². The normalized spacial score (nSPS) is 13.2. The van der Waals surface area contributed by atoms with E-state index in [0.29, 0.717) is 27.7 Å². The minimum Gasteiger partial charge on any atom is -0.459 e. The Morgan fingerprint density at radius 3 is 2.46 bits per heavy atom. The van der Waals surface area contributed by atoms with Gasteiger partial charge in [0.2, 0.25) is 5.13 Å². The maximum absolute atomic E-state index is 12.3. The third kappa shape index (κ3) is 2.88. The number of aromatic nitrogens is 2. The summed E-state index contributed by atoms with van der Waals surface area (Å²) < 4.78 is 5.01. The van der Waals surface area contributed by atoms with Crippen molar-refractivity contribution >= 4 is 34.2 Å². The molecule has 0 saturated carbocycles. The number of carbonyl (C=O) groups excluding carboxylic acids is 3. The van der Waals surface area contributed by atoms with Crippen LogP contribution in [0.1, 0.15) is 36.3 Å². The van der Waals surface area contributed by atoms with Crippen molar-refractivity contribution in [3.05, 3.63) is 64.6 Å². The minimum atomic E-state index is -0.418. The van der Waals surface area contributed by atoms with Crippen LogP contribution in [0.4, 0.5) is 5.13 Å². The molecule has 8 nitrogen and oxygen atoms in total. The SMILES string of the molecule is O=C(Nc1nnc(CCN2C(=O)c3ccccc3C2=O)s1)c1ccco1. The number of fused-ring (bicyclic) bond motifs is 1. The molecule has 0 bridgehead atoms. The fraction of sp³-hybridized carbons (Fsp3) is 0.118. The Hall–Kier alpha value is -3.33. The lowest BCUT2D eigenvalue weighted by Gasteiger charge is -2.11. The highest BCUT2D eigenvalue weighted by molar-refractivity contribution is 7.15. The Morgan fingerprint density at radius 1 is 1.08 bits per heavy atom. The van der Waals surface area contributed by atoms with Gasteiger partial charge in [0.1, 0.15) is 5.01 Å². The first-order valence-corrected chi connectivity index (χ1v) is 8.57. The van der Waals surface area contributed by atoms with Gasteiger partial charge in [-0.15, -0.1) is 10.2 Å². The quantitative estimate of drug-likeness (QED) is 0.692. The molecule has 3 amide bonds. The van der Waals surface area contributed by atoms with E-state index in [1.54, 1.807) is 36.4 Å². The number of carbonyl (C=O) groups is 3. The lowest BCUT2D eigenvalue weighted by atomic mass is 10.1. The third-order valence-electron chi connectivity index (χ3n) is 3.86. The lowest BCUT2D eigenvalue weighted by molar-refractivity contribution is 0.0655. The number of benzene rings is 1. The molecular weight excluding hydrogens is 356 g/mol. The summed E-state index contributed by atoms with van der Waals surface area (Å²) in [6, 6.07) is 9.89. The van der Waals surface area contributed by atoms with Gasteiger partial charge in [-0.25, -0.2) is 0 Å². The van der Waals surface area contributed by atoms with Crippen LogP contribution in [0.3, 0.4) is 0 Å². The molecule has 3 heterocycles. The van der Waals surface area contributed by atoms with Crippen LogP contribution in [0.15, 0.2) is 47.1 Å². The topological polar surface area (TPSA) is 105 Å². The Kier molecular flexibility index (Phi) is 4.05. The van der Waals surface area contributed by atoms with Crippen LogP contribution in [0.2, 0.25) is 0 Å². The molecule has 0 unspecified atom stereocenters. The summed E-state index contributed by atoms with van der Waals surface area (Å²) in [7, 11) is 0. The Bertz CT molecular complexity index is 961. The van der Waals surface area contributed by atoms with Crippen molar-refractivity contribution in [1.82, 2.24) is 15.1 Å². The molecule has 0 saturated heterocycles. The fourth-order valence-electron chi connectivity index (χ4n) is 2.62. The number of nitrogens with one attached hydrogen (secondary N) is 1. The van der Waals surface area contributed by atoms with Crippen LogP contribution in [0.25, 0.3) is 0 Å². The fourth-order valence-corrected chi connectivity index (χ4v) is 3.34. The Labute approximate surface area is 151 Å². The standard InChI is InChI=1S/C17H12N4O4S/c22-14(12-6-3-9-25-12)18-17-20-19-13(26-17)7-8-21-15(23)10-4-1-2-5-11(10)16(21)24/h1-6,9H,7-8H2,(H,18,20,22). The van der Waals surface area contributed by atoms with Gasteiger partial charge in [-0.2, -0.15) is 0 Å². The first kappa shape index (κ1) is 16.2. The van der Waals surface area contributed by atoms with Crippen molar-refractivity contribution in [3.63, 3.8) is 0 Å². The van der Waals surface area contributed by atoms with Gasteiger partial charge in [0.05, 0.1) is 17.4 Å². The van der Waals surface area contributed by atoms with E-state index < -0.39 is 5.91 Å². The van der Waals surface area contributed by atoms with Gasteiger partial charge in [-0.1, -0.05) is 23.5 Å². The second kappa shape index (κ2) is 6.52. The third-order valence-corrected chi connectivity index (χ3v) is 4.76. The average Bonchev–Trinajstić information content (AvgIpc) is 3.37. The van der Waals surface area contributed by atoms with Gasteiger partial charge in [0, 0.05) is 13.0 Å². The molecular formula is C17H12N4O4S. The van der Waals surface area contributed by atoms with Gasteiger partial charge in [-0.05, 0) is 24.3 Å². The van der Waals surface area contributed by atoms with E-state index in [4.69, 9.17) is 4.42 Å². The number of imide groups is 1. The van der Waals surface area contributed by atoms with Crippen molar-refractivity contribution < 1.29 is 18.8 Å². The van der Waals surface area contributed by atoms with Crippen LogP contribution in [0.5, 0.6) is 0 Å². The van der Waals surface area contributed by atoms with Crippen LogP contribution >= 0.6 is 11.3 Å². The zero-order chi connectivity index (χ0) is 18.1. The molecule has 0 radical (unpaired) electrons. The van der Waals surface area contributed by atoms with E-state index in [2.05, 4.69) is 15.5 Å². The first-order chi connectivity index (χ1) is 12.6. The molecule has 26 heavy (non-hydrogen) atoms. The molecule has 130 valence electrons. The second-order valence-corrected chi connectivity index (χ2v) is 6.55. The summed E-state index contributed by atoms with van der Waals surface area (Å²) >= 11 is 1.18. The molecule has 0 aliphatic carbocycles. The predicted molar refractivity (Wildman–Crippen MR) is 92.1 cm³/mol. The highest BCUT2D eigenvalue weighted by atomic mass is 32.1. The summed E-state index contributed by atoms with van der Waals surface area (Å²) in [6.07, 6.45) is 1.77. The highest BCUT2D eigenvalue weighted by Crippen LogP contribution is 2.23. The summed E-state index contributed by atoms with van der Waals surface area (Å²) in [5.41, 5.74) is 0.835. The summed E-state index contributed by atoms with van der Waals surface area (Å²) in [6.45, 7) is 0.201. The molecule has 1 aliphatic heterocycles. The van der Waals surface area contributed by atoms with Gasteiger partial charge in [-0.3, -0.25) is 24.6 Å². The van der Waals surface area contributed by atoms with E-state index in [1.165, 1.54) is 22.5 Å². The van der Waals surface area contributed by atoms with Crippen LogP contribution in [0, 0.1) is 0 Å². The number of furan rings is 1. The number of hydrogen-bond acceptors (Lipinski definition) is 7. The smallest absolute Gasteiger partial charge is 0.293 e. The highest BCUT2D eigenvalue weighted by Gasteiger charge is 2.34. The van der Waals surface area contributed by atoms with E-state index in [0.717, 1.165) is 0 Å². The molecule has 0 spiro atoms. The zero-order valence-corrected chi connectivity index (χ0v) is 14.2. The summed E-state index contributed by atoms with van der Waals surface area (Å²) in [5.74, 6) is -0.853. The molecule has 2 aromatic heterocycles. The summed E-state index contributed by atoms with van der Waals surface area (Å²) in [5, 5.41) is 11.4. The molecule has 1 aromatic carbocycles. The molecule has 0 fully saturated rings. The van der Waals surface area contributed by atoms with E-state index in [1.807, 2.05) is 0 Å². The molecule has 0 atom stereocenters. The van der Waals surface area contributed by atoms with Crippen LogP contribution in [-0.4, -0.2) is 39.4 Å². The van der Waals surface area contributed by atoms with Crippen molar-refractivity contribution in [2.75, 3.05) is 11.9 Å². The lowest BCUT2D eigenvalue weighted by Crippen LogP contribution is -2.31. The van der Waals surface area contributed by atoms with E-state index >= 15 is 0 Å². The maximum Gasteiger partial charge on any atom is 0.293 e. The van der Waals surface area contributed by atoms with Crippen molar-refractivity contribution in [1.29, 1.82) is 0 Å². The second-order valence-electron chi connectivity index (χ2n) is 5.49. The monoisotopic (exact) mass is 368 g/mol. The van der Waals surface area contributed by atoms with Crippen molar-refractivity contribution in [2.45, 2.75) is 6.42 Å². The predicted octanol–water partition coefficient (Wildman–Crippen LogP) is 2.22. The molecule has 4 rings (SSSR count). The molecule has 1 aliphatic rings. The van der Waals surface area contributed by atoms with Crippen LogP contribution in [-0.2, 0) is 6.42 Å². The van der Waals surface area contributed by atoms with Gasteiger partial charge >= 0.3 is 0 Å². The summed E-state index contributed by atoms with van der Waals surface area (Å²) in [4.78, 5) is 37.7. The number of rotatable bonds is 5. The largest absolute Gasteiger partial charge is 0.459 e.